The molecule has 0 heterocycles. The molecule has 0 amide bonds. The van der Waals surface area contributed by atoms with Crippen LogP contribution in [0.15, 0.2) is 231 Å². The van der Waals surface area contributed by atoms with E-state index in [9.17, 15) is 0 Å². The minimum Gasteiger partial charge on any atom is -0.295 e. The summed E-state index contributed by atoms with van der Waals surface area (Å²) in [6, 6.07) is 86.5. The van der Waals surface area contributed by atoms with Crippen LogP contribution in [0.1, 0.15) is 234 Å². The van der Waals surface area contributed by atoms with Gasteiger partial charge in [-0.05, 0) is 148 Å². The molecule has 0 saturated carbocycles. The lowest BCUT2D eigenvalue weighted by Gasteiger charge is -2.40. The minimum absolute atomic E-state index is 0.196. The van der Waals surface area contributed by atoms with Crippen molar-refractivity contribution in [3.63, 3.8) is 0 Å². The molecule has 15 rings (SSSR count). The van der Waals surface area contributed by atoms with Crippen molar-refractivity contribution in [2.45, 2.75) is 189 Å². The Morgan fingerprint density at radius 1 is 0.256 bits per heavy atom. The van der Waals surface area contributed by atoms with E-state index in [1.807, 2.05) is 138 Å². The Bertz CT molecular complexity index is 3580. The van der Waals surface area contributed by atoms with Gasteiger partial charge in [0.15, 0.2) is 0 Å². The van der Waals surface area contributed by atoms with E-state index in [0.717, 1.165) is 38.9 Å². The molecule has 0 aromatic heterocycles. The molecular formula is C89H113N. The summed E-state index contributed by atoms with van der Waals surface area (Å²) in [5.74, 6) is 0. The summed E-state index contributed by atoms with van der Waals surface area (Å²) >= 11 is 0. The van der Waals surface area contributed by atoms with Crippen molar-refractivity contribution < 1.29 is 0 Å². The van der Waals surface area contributed by atoms with Crippen LogP contribution in [0.5, 0.6) is 0 Å². The van der Waals surface area contributed by atoms with E-state index >= 15 is 0 Å². The first-order valence-electron chi connectivity index (χ1n) is 35.3. The first-order valence-corrected chi connectivity index (χ1v) is 35.3. The van der Waals surface area contributed by atoms with Crippen molar-refractivity contribution >= 4 is 0 Å². The summed E-state index contributed by atoms with van der Waals surface area (Å²) < 4.78 is 0. The molecule has 5 aliphatic rings. The predicted molar refractivity (Wildman–Crippen MR) is 401 cm³/mol. The lowest BCUT2D eigenvalue weighted by molar-refractivity contribution is 0.271. The molecular weight excluding hydrogens is 1080 g/mol. The molecule has 0 unspecified atom stereocenters. The Morgan fingerprint density at radius 2 is 0.544 bits per heavy atom. The third-order valence-electron chi connectivity index (χ3n) is 16.7. The third kappa shape index (κ3) is 14.0. The Hall–Kier alpha value is -7.84. The number of hydrogen-bond acceptors (Lipinski definition) is 1. The van der Waals surface area contributed by atoms with Crippen molar-refractivity contribution in [1.29, 1.82) is 0 Å². The molecule has 0 aliphatic heterocycles. The van der Waals surface area contributed by atoms with Gasteiger partial charge in [0.1, 0.15) is 0 Å². The summed E-state index contributed by atoms with van der Waals surface area (Å²) in [5.41, 5.74) is 30.8. The molecule has 0 saturated heterocycles. The average molecular weight is 1200 g/mol. The fourth-order valence-electron chi connectivity index (χ4n) is 13.9. The molecule has 1 heteroatoms. The van der Waals surface area contributed by atoms with Crippen LogP contribution in [-0.4, -0.2) is 11.4 Å². The van der Waals surface area contributed by atoms with Crippen LogP contribution in [0, 0.1) is 0 Å². The number of rotatable bonds is 5. The summed E-state index contributed by atoms with van der Waals surface area (Å²) in [4.78, 5) is 2.61. The van der Waals surface area contributed by atoms with Gasteiger partial charge in [0.2, 0.25) is 0 Å². The number of fused-ring (bicyclic) bond motifs is 21. The van der Waals surface area contributed by atoms with Crippen molar-refractivity contribution in [3.05, 3.63) is 320 Å². The highest BCUT2D eigenvalue weighted by molar-refractivity contribution is 5.89. The van der Waals surface area contributed by atoms with Gasteiger partial charge in [0.05, 0.1) is 10.8 Å². The third-order valence-corrected chi connectivity index (χ3v) is 16.7. The van der Waals surface area contributed by atoms with Gasteiger partial charge < -0.3 is 0 Å². The monoisotopic (exact) mass is 1200 g/mol. The molecule has 0 bridgehead atoms. The molecule has 5 aliphatic carbocycles. The lowest BCUT2D eigenvalue weighted by atomic mass is 9.61. The Morgan fingerprint density at radius 3 is 0.922 bits per heavy atom. The number of nitrogens with zero attached hydrogens (tertiary/aromatic N) is 1. The number of hydrogen-bond donors (Lipinski definition) is 0. The van der Waals surface area contributed by atoms with Gasteiger partial charge in [-0.3, -0.25) is 4.90 Å². The van der Waals surface area contributed by atoms with E-state index in [4.69, 9.17) is 0 Å². The molecule has 90 heavy (non-hydrogen) atoms. The Balaban J connectivity index is 0.000000321. The van der Waals surface area contributed by atoms with E-state index in [0.29, 0.717) is 0 Å². The summed E-state index contributed by atoms with van der Waals surface area (Å²) in [6.07, 6.45) is 3.03. The largest absolute Gasteiger partial charge is 0.295 e. The van der Waals surface area contributed by atoms with Gasteiger partial charge in [0, 0.05) is 13.1 Å². The normalized spacial score (nSPS) is 12.1. The van der Waals surface area contributed by atoms with E-state index in [1.165, 1.54) is 122 Å². The van der Waals surface area contributed by atoms with Crippen LogP contribution in [0.3, 0.4) is 0 Å². The second-order valence-electron chi connectivity index (χ2n) is 20.1. The highest BCUT2D eigenvalue weighted by Gasteiger charge is 2.51. The smallest absolute Gasteiger partial charge is 0.0719 e. The van der Waals surface area contributed by atoms with E-state index < -0.39 is 0 Å². The summed E-state index contributed by atoms with van der Waals surface area (Å²) in [5, 5.41) is 0. The topological polar surface area (TPSA) is 3.24 Å². The maximum absolute atomic E-state index is 2.61. The first-order chi connectivity index (χ1) is 44.7. The van der Waals surface area contributed by atoms with Crippen LogP contribution < -0.4 is 0 Å². The van der Waals surface area contributed by atoms with Gasteiger partial charge in [-0.25, -0.2) is 0 Å². The quantitative estimate of drug-likeness (QED) is 0.166. The highest BCUT2D eigenvalue weighted by Crippen LogP contribution is 2.61. The zero-order chi connectivity index (χ0) is 66.4. The lowest BCUT2D eigenvalue weighted by Crippen LogP contribution is -2.34. The SMILES string of the molecule is CC.CC.CC.CC.CC.CC.CC.CC.CC.CC.CCN(Cc1ccc2c(c1)C1(c3ccccc3C2)c2ccccc2-c2ccccc21)Cc1cccc2c1-c1ccccc1C2.c1ccc2c(c1)Cc1ccccc1C21c2ccccc2-c2ccccc21. The molecule has 0 radical (unpaired) electrons. The van der Waals surface area contributed by atoms with Gasteiger partial charge in [0.25, 0.3) is 0 Å². The van der Waals surface area contributed by atoms with Crippen LogP contribution in [0.25, 0.3) is 33.4 Å². The highest BCUT2D eigenvalue weighted by atomic mass is 15.1. The summed E-state index contributed by atoms with van der Waals surface area (Å²) in [6.45, 7) is 45.2. The zero-order valence-electron chi connectivity index (χ0n) is 59.6. The standard InChI is InChI=1S/C43H35N.C26H18.10C2H6/c1-2-44(28-34-15-11-14-33-25-30-12-3-5-16-35(30)42(33)34)27-29-22-23-32-26-31-13-4-8-19-38(31)43(41(32)24-29)39-20-9-6-17-36(39)37-18-7-10-21-40(37)43;1-5-13-22-18(9-1)17-19-10-2-6-14-23(19)26(22)24-15-7-3-11-20(24)21-12-4-8-16-25(21)26;10*1-2/h3-24H,2,25-28H2,1H3;1-16H,17H2;10*1-2H3. The zero-order valence-corrected chi connectivity index (χ0v) is 59.6. The van der Waals surface area contributed by atoms with Crippen molar-refractivity contribution in [2.75, 3.05) is 6.54 Å². The predicted octanol–water partition coefficient (Wildman–Crippen LogP) is 25.8. The molecule has 10 aromatic rings. The van der Waals surface area contributed by atoms with Gasteiger partial charge in [-0.1, -0.05) is 376 Å². The van der Waals surface area contributed by atoms with Gasteiger partial charge in [-0.15, -0.1) is 0 Å². The maximum Gasteiger partial charge on any atom is 0.0719 e. The second kappa shape index (κ2) is 38.0. The molecule has 474 valence electrons. The fraction of sp³-hybridized carbons (Fsp3) is 0.326. The first kappa shape index (κ1) is 74.6. The van der Waals surface area contributed by atoms with E-state index in [1.54, 1.807) is 0 Å². The summed E-state index contributed by atoms with van der Waals surface area (Å²) in [7, 11) is 0. The maximum atomic E-state index is 2.61. The van der Waals surface area contributed by atoms with E-state index in [2.05, 4.69) is 242 Å². The van der Waals surface area contributed by atoms with Crippen LogP contribution in [0.2, 0.25) is 0 Å². The molecule has 1 nitrogen and oxygen atoms in total. The average Bonchev–Trinajstić information content (AvgIpc) is 1.47. The minimum atomic E-state index is -0.297. The van der Waals surface area contributed by atoms with Crippen LogP contribution >= 0.6 is 0 Å². The van der Waals surface area contributed by atoms with Crippen molar-refractivity contribution in [3.8, 4) is 33.4 Å². The molecule has 0 atom stereocenters. The van der Waals surface area contributed by atoms with Crippen LogP contribution in [0.4, 0.5) is 0 Å². The van der Waals surface area contributed by atoms with Gasteiger partial charge >= 0.3 is 0 Å². The van der Waals surface area contributed by atoms with E-state index in [-0.39, 0.29) is 10.8 Å². The van der Waals surface area contributed by atoms with Crippen LogP contribution in [-0.2, 0) is 43.2 Å². The number of benzene rings is 10. The Labute approximate surface area is 549 Å². The second-order valence-corrected chi connectivity index (χ2v) is 20.1. The molecule has 2 spiro atoms. The fourth-order valence-corrected chi connectivity index (χ4v) is 13.9. The van der Waals surface area contributed by atoms with Gasteiger partial charge in [-0.2, -0.15) is 0 Å². The van der Waals surface area contributed by atoms with Crippen molar-refractivity contribution in [1.82, 2.24) is 4.90 Å². The molecule has 10 aromatic carbocycles. The molecule has 0 fully saturated rings. The van der Waals surface area contributed by atoms with Crippen molar-refractivity contribution in [2.24, 2.45) is 0 Å². The molecule has 0 N–H and O–H groups in total. The Kier molecular flexibility index (Phi) is 31.5.